The lowest BCUT2D eigenvalue weighted by atomic mass is 10.1. The second-order valence-electron chi connectivity index (χ2n) is 4.98. The number of nitrogens with two attached hydrogens (primary N) is 1. The lowest BCUT2D eigenvalue weighted by Gasteiger charge is -2.36. The fraction of sp³-hybridized carbons (Fsp3) is 0.385. The molecule has 0 saturated carbocycles. The second kappa shape index (κ2) is 4.32. The van der Waals surface area contributed by atoms with Crippen LogP contribution in [0.3, 0.4) is 0 Å². The van der Waals surface area contributed by atoms with Crippen LogP contribution in [0.4, 0.5) is 5.69 Å². The smallest absolute Gasteiger partial charge is 0.276 e. The Bertz CT molecular complexity index is 550. The van der Waals surface area contributed by atoms with Gasteiger partial charge in [-0.3, -0.25) is 9.59 Å². The number of carbonyl (C=O) groups excluding carboxylic acids is 2. The number of likely N-dealkylation sites (N-methyl/N-ethyl adjacent to an activating group) is 1. The van der Waals surface area contributed by atoms with Crippen LogP contribution >= 0.6 is 0 Å². The van der Waals surface area contributed by atoms with Crippen LogP contribution in [0.15, 0.2) is 18.2 Å². The van der Waals surface area contributed by atoms with E-state index in [1.807, 2.05) is 12.1 Å². The van der Waals surface area contributed by atoms with Gasteiger partial charge in [-0.15, -0.1) is 0 Å². The van der Waals surface area contributed by atoms with Crippen molar-refractivity contribution in [3.05, 3.63) is 29.3 Å². The number of benzene rings is 1. The maximum Gasteiger partial charge on any atom is 0.276 e. The number of nitrogens with zero attached hydrogens (tertiary/aromatic N) is 3. The number of hydrazine groups is 1. The molecule has 0 bridgehead atoms. The molecule has 100 valence electrons. The average Bonchev–Trinajstić information content (AvgIpc) is 2.63. The zero-order chi connectivity index (χ0) is 13.6. The molecule has 0 radical (unpaired) electrons. The average molecular weight is 260 g/mol. The van der Waals surface area contributed by atoms with Gasteiger partial charge in [-0.25, -0.2) is 10.0 Å². The lowest BCUT2D eigenvalue weighted by Crippen LogP contribution is -2.54. The van der Waals surface area contributed by atoms with Crippen molar-refractivity contribution >= 4 is 17.5 Å². The zero-order valence-electron chi connectivity index (χ0n) is 10.8. The molecule has 2 aliphatic heterocycles. The first-order chi connectivity index (χ1) is 9.08. The van der Waals surface area contributed by atoms with Crippen LogP contribution in [-0.4, -0.2) is 60.0 Å². The molecule has 3 rings (SSSR count). The van der Waals surface area contributed by atoms with Crippen molar-refractivity contribution in [1.82, 2.24) is 14.9 Å². The van der Waals surface area contributed by atoms with Gasteiger partial charge in [0.1, 0.15) is 0 Å². The first-order valence-corrected chi connectivity index (χ1v) is 6.29. The summed E-state index contributed by atoms with van der Waals surface area (Å²) in [5.74, 6) is -0.513. The van der Waals surface area contributed by atoms with Gasteiger partial charge in [0, 0.05) is 31.9 Å². The van der Waals surface area contributed by atoms with Crippen LogP contribution in [0.25, 0.3) is 0 Å². The summed E-state index contributed by atoms with van der Waals surface area (Å²) in [6.07, 6.45) is 0. The van der Waals surface area contributed by atoms with Crippen LogP contribution < -0.4 is 5.73 Å². The third kappa shape index (κ3) is 1.89. The van der Waals surface area contributed by atoms with Crippen molar-refractivity contribution < 1.29 is 9.59 Å². The van der Waals surface area contributed by atoms with E-state index in [9.17, 15) is 9.59 Å². The van der Waals surface area contributed by atoms with Crippen molar-refractivity contribution in [3.63, 3.8) is 0 Å². The minimum Gasteiger partial charge on any atom is -0.399 e. The maximum atomic E-state index is 12.3. The fourth-order valence-corrected chi connectivity index (χ4v) is 2.50. The van der Waals surface area contributed by atoms with E-state index in [4.69, 9.17) is 5.73 Å². The zero-order valence-corrected chi connectivity index (χ0v) is 10.8. The SMILES string of the molecule is CN1CCN(N2C(=O)c3ccc(N)cc3C2=O)CC1. The molecule has 1 saturated heterocycles. The Morgan fingerprint density at radius 1 is 1.00 bits per heavy atom. The molecule has 6 heteroatoms. The van der Waals surface area contributed by atoms with Crippen molar-refractivity contribution in [2.24, 2.45) is 0 Å². The number of anilines is 1. The van der Waals surface area contributed by atoms with Crippen molar-refractivity contribution in [2.45, 2.75) is 0 Å². The molecular weight excluding hydrogens is 244 g/mol. The van der Waals surface area contributed by atoms with E-state index in [1.165, 1.54) is 5.01 Å². The molecule has 0 aliphatic carbocycles. The van der Waals surface area contributed by atoms with E-state index in [0.29, 0.717) is 29.9 Å². The summed E-state index contributed by atoms with van der Waals surface area (Å²) in [6.45, 7) is 3.04. The van der Waals surface area contributed by atoms with E-state index in [1.54, 1.807) is 18.2 Å². The van der Waals surface area contributed by atoms with Gasteiger partial charge in [0.15, 0.2) is 0 Å². The van der Waals surface area contributed by atoms with Crippen LogP contribution in [0, 0.1) is 0 Å². The Kier molecular flexibility index (Phi) is 2.76. The number of nitrogen functional groups attached to an aromatic ring is 1. The number of piperazine rings is 1. The number of fused-ring (bicyclic) bond motifs is 1. The summed E-state index contributed by atoms with van der Waals surface area (Å²) in [6, 6.07) is 4.85. The molecule has 1 fully saturated rings. The number of hydrogen-bond donors (Lipinski definition) is 1. The van der Waals surface area contributed by atoms with Crippen LogP contribution in [-0.2, 0) is 0 Å². The van der Waals surface area contributed by atoms with E-state index in [-0.39, 0.29) is 11.8 Å². The molecule has 2 aliphatic rings. The minimum absolute atomic E-state index is 0.246. The van der Waals surface area contributed by atoms with Gasteiger partial charge in [-0.1, -0.05) is 0 Å². The molecule has 0 aromatic heterocycles. The predicted octanol–water partition coefficient (Wildman–Crippen LogP) is 0.0272. The highest BCUT2D eigenvalue weighted by molar-refractivity contribution is 6.21. The minimum atomic E-state index is -0.267. The quantitative estimate of drug-likeness (QED) is 0.570. The first-order valence-electron chi connectivity index (χ1n) is 6.29. The molecule has 0 unspecified atom stereocenters. The predicted molar refractivity (Wildman–Crippen MR) is 70.4 cm³/mol. The molecular formula is C13H16N4O2. The van der Waals surface area contributed by atoms with E-state index < -0.39 is 0 Å². The van der Waals surface area contributed by atoms with Gasteiger partial charge in [0.2, 0.25) is 0 Å². The topological polar surface area (TPSA) is 69.9 Å². The Labute approximate surface area is 111 Å². The maximum absolute atomic E-state index is 12.3. The summed E-state index contributed by atoms with van der Waals surface area (Å²) < 4.78 is 0. The second-order valence-corrected chi connectivity index (χ2v) is 4.98. The third-order valence-electron chi connectivity index (χ3n) is 3.65. The number of imide groups is 1. The highest BCUT2D eigenvalue weighted by atomic mass is 16.2. The largest absolute Gasteiger partial charge is 0.399 e. The highest BCUT2D eigenvalue weighted by Gasteiger charge is 2.40. The molecule has 1 aromatic carbocycles. The molecule has 2 amide bonds. The van der Waals surface area contributed by atoms with Gasteiger partial charge in [0.05, 0.1) is 11.1 Å². The van der Waals surface area contributed by atoms with E-state index >= 15 is 0 Å². The van der Waals surface area contributed by atoms with Crippen LogP contribution in [0.1, 0.15) is 20.7 Å². The van der Waals surface area contributed by atoms with Crippen molar-refractivity contribution in [1.29, 1.82) is 0 Å². The summed E-state index contributed by atoms with van der Waals surface area (Å²) in [5.41, 5.74) is 7.03. The number of amides is 2. The third-order valence-corrected chi connectivity index (χ3v) is 3.65. The molecule has 19 heavy (non-hydrogen) atoms. The van der Waals surface area contributed by atoms with Gasteiger partial charge < -0.3 is 10.6 Å². The molecule has 1 aromatic rings. The summed E-state index contributed by atoms with van der Waals surface area (Å²) in [5, 5.41) is 3.08. The molecule has 2 N–H and O–H groups in total. The molecule has 2 heterocycles. The number of rotatable bonds is 1. The molecule has 0 spiro atoms. The standard InChI is InChI=1S/C13H16N4O2/c1-15-4-6-16(7-5-15)17-12(18)10-3-2-9(14)8-11(10)13(17)19/h2-3,8H,4-7,14H2,1H3. The molecule has 6 nitrogen and oxygen atoms in total. The van der Waals surface area contributed by atoms with E-state index in [2.05, 4.69) is 4.90 Å². The van der Waals surface area contributed by atoms with Crippen LogP contribution in [0.2, 0.25) is 0 Å². The summed E-state index contributed by atoms with van der Waals surface area (Å²) in [4.78, 5) is 26.8. The Morgan fingerprint density at radius 3 is 2.32 bits per heavy atom. The van der Waals surface area contributed by atoms with Crippen LogP contribution in [0.5, 0.6) is 0 Å². The highest BCUT2D eigenvalue weighted by Crippen LogP contribution is 2.26. The van der Waals surface area contributed by atoms with Crippen molar-refractivity contribution in [2.75, 3.05) is 39.0 Å². The molecule has 0 atom stereocenters. The lowest BCUT2D eigenvalue weighted by molar-refractivity contribution is -0.0176. The Morgan fingerprint density at radius 2 is 1.63 bits per heavy atom. The first kappa shape index (κ1) is 12.1. The van der Waals surface area contributed by atoms with Gasteiger partial charge in [-0.2, -0.15) is 0 Å². The number of carbonyl (C=O) groups is 2. The monoisotopic (exact) mass is 260 g/mol. The van der Waals surface area contributed by atoms with Gasteiger partial charge in [0.25, 0.3) is 11.8 Å². The van der Waals surface area contributed by atoms with Crippen molar-refractivity contribution in [3.8, 4) is 0 Å². The summed E-state index contributed by atoms with van der Waals surface area (Å²) >= 11 is 0. The fourth-order valence-electron chi connectivity index (χ4n) is 2.50. The summed E-state index contributed by atoms with van der Waals surface area (Å²) in [7, 11) is 2.03. The van der Waals surface area contributed by atoms with Gasteiger partial charge in [-0.05, 0) is 25.2 Å². The normalized spacial score (nSPS) is 21.0. The Balaban J connectivity index is 1.90. The van der Waals surface area contributed by atoms with Gasteiger partial charge >= 0.3 is 0 Å². The van der Waals surface area contributed by atoms with E-state index in [0.717, 1.165) is 13.1 Å². The Hall–Kier alpha value is -1.92. The number of hydrogen-bond acceptors (Lipinski definition) is 5.